The quantitative estimate of drug-likeness (QED) is 0.510. The van der Waals surface area contributed by atoms with Crippen LogP contribution in [0, 0.1) is 11.6 Å². The molecule has 22 heavy (non-hydrogen) atoms. The van der Waals surface area contributed by atoms with E-state index in [2.05, 4.69) is 15.5 Å². The topological polar surface area (TPSA) is 37.3 Å². The Morgan fingerprint density at radius 1 is 1.18 bits per heavy atom. The van der Waals surface area contributed by atoms with Crippen LogP contribution in [0.25, 0.3) is 0 Å². The molecule has 0 amide bonds. The molecule has 0 bridgehead atoms. The molecule has 0 aliphatic rings. The fourth-order valence-electron chi connectivity index (χ4n) is 1.44. The average Bonchev–Trinajstić information content (AvgIpc) is 2.41. The van der Waals surface area contributed by atoms with Crippen molar-refractivity contribution >= 4 is 23.6 Å². The largest absolute Gasteiger partial charge is 0.417 e. The number of benzene rings is 1. The Labute approximate surface area is 126 Å². The van der Waals surface area contributed by atoms with Crippen molar-refractivity contribution in [2.75, 3.05) is 5.43 Å². The number of hydrogen-bond acceptors (Lipinski definition) is 3. The van der Waals surface area contributed by atoms with Gasteiger partial charge in [-0.25, -0.2) is 13.8 Å². The molecule has 1 heterocycles. The summed E-state index contributed by atoms with van der Waals surface area (Å²) in [6.07, 6.45) is -2.96. The van der Waals surface area contributed by atoms with Gasteiger partial charge in [0, 0.05) is 17.8 Å². The van der Waals surface area contributed by atoms with Crippen LogP contribution in [0.15, 0.2) is 35.6 Å². The Morgan fingerprint density at radius 2 is 1.91 bits per heavy atom. The van der Waals surface area contributed by atoms with Gasteiger partial charge < -0.3 is 0 Å². The van der Waals surface area contributed by atoms with Gasteiger partial charge in [0.2, 0.25) is 0 Å². The van der Waals surface area contributed by atoms with Crippen molar-refractivity contribution in [1.82, 2.24) is 4.98 Å². The lowest BCUT2D eigenvalue weighted by molar-refractivity contribution is -0.137. The molecule has 3 nitrogen and oxygen atoms in total. The average molecular weight is 336 g/mol. The first kappa shape index (κ1) is 16.2. The van der Waals surface area contributed by atoms with Crippen LogP contribution in [-0.2, 0) is 6.18 Å². The summed E-state index contributed by atoms with van der Waals surface area (Å²) < 4.78 is 63.3. The highest BCUT2D eigenvalue weighted by Gasteiger charge is 2.31. The molecule has 9 heteroatoms. The lowest BCUT2D eigenvalue weighted by Gasteiger charge is -2.08. The summed E-state index contributed by atoms with van der Waals surface area (Å²) in [7, 11) is 0. The summed E-state index contributed by atoms with van der Waals surface area (Å²) in [5, 5.41) is 3.29. The van der Waals surface area contributed by atoms with E-state index in [9.17, 15) is 22.0 Å². The molecule has 1 N–H and O–H groups in total. The van der Waals surface area contributed by atoms with Crippen LogP contribution >= 0.6 is 11.6 Å². The maximum atomic E-state index is 13.3. The minimum Gasteiger partial charge on any atom is -0.260 e. The molecule has 0 radical (unpaired) electrons. The molecule has 0 aliphatic heterocycles. The van der Waals surface area contributed by atoms with Gasteiger partial charge in [0.05, 0.1) is 16.8 Å². The highest BCUT2D eigenvalue weighted by Crippen LogP contribution is 2.32. The van der Waals surface area contributed by atoms with Crippen LogP contribution in [0.3, 0.4) is 0 Å². The first-order valence-electron chi connectivity index (χ1n) is 5.74. The van der Waals surface area contributed by atoms with Crippen LogP contribution in [-0.4, -0.2) is 11.2 Å². The van der Waals surface area contributed by atoms with Gasteiger partial charge in [0.1, 0.15) is 11.6 Å². The van der Waals surface area contributed by atoms with Crippen LogP contribution in [0.4, 0.5) is 27.8 Å². The van der Waals surface area contributed by atoms with Crippen molar-refractivity contribution in [3.63, 3.8) is 0 Å². The lowest BCUT2D eigenvalue weighted by atomic mass is 10.2. The second-order valence-electron chi connectivity index (χ2n) is 4.09. The van der Waals surface area contributed by atoms with Crippen molar-refractivity contribution in [3.05, 3.63) is 58.2 Å². The minimum atomic E-state index is -4.56. The molecule has 0 saturated heterocycles. The molecule has 1 aromatic heterocycles. The third-order valence-corrected chi connectivity index (χ3v) is 2.79. The number of hydrogen-bond donors (Lipinski definition) is 1. The molecule has 116 valence electrons. The molecule has 0 unspecified atom stereocenters. The number of nitrogens with zero attached hydrogens (tertiary/aromatic N) is 2. The zero-order valence-corrected chi connectivity index (χ0v) is 11.4. The zero-order valence-electron chi connectivity index (χ0n) is 10.6. The molecular weight excluding hydrogens is 329 g/mol. The monoisotopic (exact) mass is 335 g/mol. The van der Waals surface area contributed by atoms with Crippen LogP contribution in [0.5, 0.6) is 0 Å². The number of alkyl halides is 3. The second kappa shape index (κ2) is 6.27. The van der Waals surface area contributed by atoms with E-state index in [-0.39, 0.29) is 16.4 Å². The minimum absolute atomic E-state index is 0.0167. The Bertz CT molecular complexity index is 715. The fraction of sp³-hybridized carbons (Fsp3) is 0.0769. The Hall–Kier alpha value is -2.22. The number of anilines is 1. The van der Waals surface area contributed by atoms with E-state index in [1.54, 1.807) is 0 Å². The number of aromatic nitrogens is 1. The number of nitrogens with one attached hydrogen (secondary N) is 1. The molecule has 0 atom stereocenters. The van der Waals surface area contributed by atoms with E-state index in [1.807, 2.05) is 0 Å². The highest BCUT2D eigenvalue weighted by atomic mass is 35.5. The van der Waals surface area contributed by atoms with Crippen molar-refractivity contribution < 1.29 is 22.0 Å². The first-order valence-corrected chi connectivity index (χ1v) is 6.12. The second-order valence-corrected chi connectivity index (χ2v) is 4.50. The summed E-state index contributed by atoms with van der Waals surface area (Å²) in [4.78, 5) is 3.48. The molecule has 1 aromatic carbocycles. The lowest BCUT2D eigenvalue weighted by Crippen LogP contribution is -2.06. The molecule has 2 aromatic rings. The van der Waals surface area contributed by atoms with Crippen molar-refractivity contribution in [2.24, 2.45) is 5.10 Å². The first-order chi connectivity index (χ1) is 10.3. The Kier molecular flexibility index (Phi) is 4.60. The number of hydrazone groups is 1. The summed E-state index contributed by atoms with van der Waals surface area (Å²) in [5.74, 6) is -1.71. The molecular formula is C13H7ClF5N3. The van der Waals surface area contributed by atoms with E-state index >= 15 is 0 Å². The molecule has 0 spiro atoms. The van der Waals surface area contributed by atoms with Crippen LogP contribution in [0.1, 0.15) is 11.1 Å². The van der Waals surface area contributed by atoms with Gasteiger partial charge >= 0.3 is 6.18 Å². The highest BCUT2D eigenvalue weighted by molar-refractivity contribution is 6.32. The van der Waals surface area contributed by atoms with Crippen molar-refractivity contribution in [1.29, 1.82) is 0 Å². The zero-order chi connectivity index (χ0) is 16.3. The van der Waals surface area contributed by atoms with Gasteiger partial charge in [-0.2, -0.15) is 18.3 Å². The van der Waals surface area contributed by atoms with Gasteiger partial charge in [-0.1, -0.05) is 11.6 Å². The molecule has 0 saturated carbocycles. The van der Waals surface area contributed by atoms with Gasteiger partial charge in [0.25, 0.3) is 0 Å². The molecule has 2 rings (SSSR count). The Morgan fingerprint density at radius 3 is 2.50 bits per heavy atom. The number of rotatable bonds is 3. The maximum absolute atomic E-state index is 13.3. The summed E-state index contributed by atoms with van der Waals surface area (Å²) in [5.41, 5.74) is 1.26. The summed E-state index contributed by atoms with van der Waals surface area (Å²) in [6.45, 7) is 0. The van der Waals surface area contributed by atoms with Gasteiger partial charge in [-0.05, 0) is 18.2 Å². The van der Waals surface area contributed by atoms with Crippen LogP contribution < -0.4 is 5.43 Å². The maximum Gasteiger partial charge on any atom is 0.417 e. The van der Waals surface area contributed by atoms with E-state index in [0.717, 1.165) is 18.3 Å². The van der Waals surface area contributed by atoms with Crippen molar-refractivity contribution in [2.45, 2.75) is 6.18 Å². The molecule has 0 fully saturated rings. The predicted octanol–water partition coefficient (Wildman–Crippen LogP) is 4.48. The standard InChI is InChI=1S/C13H7ClF5N3/c14-10-3-8(13(17,18)19)6-20-12(10)22-21-5-7-1-2-9(15)4-11(7)16/h1-6H,(H,20,22)/b21-5-. The van der Waals surface area contributed by atoms with E-state index in [1.165, 1.54) is 0 Å². The third-order valence-electron chi connectivity index (χ3n) is 2.51. The van der Waals surface area contributed by atoms with Gasteiger partial charge in [0.15, 0.2) is 5.82 Å². The van der Waals surface area contributed by atoms with Gasteiger partial charge in [-0.15, -0.1) is 0 Å². The van der Waals surface area contributed by atoms with E-state index in [0.29, 0.717) is 18.3 Å². The third kappa shape index (κ3) is 3.91. The van der Waals surface area contributed by atoms with Crippen LogP contribution in [0.2, 0.25) is 5.02 Å². The van der Waals surface area contributed by atoms with Crippen molar-refractivity contribution in [3.8, 4) is 0 Å². The normalized spacial score (nSPS) is 11.9. The van der Waals surface area contributed by atoms with Gasteiger partial charge in [-0.3, -0.25) is 5.43 Å². The SMILES string of the molecule is Fc1ccc(/C=N\Nc2ncc(C(F)(F)F)cc2Cl)c(F)c1. The smallest absolute Gasteiger partial charge is 0.260 e. The van der Waals surface area contributed by atoms with E-state index < -0.39 is 23.4 Å². The number of halogens is 6. The summed E-state index contributed by atoms with van der Waals surface area (Å²) in [6, 6.07) is 3.54. The molecule has 0 aliphatic carbocycles. The Balaban J connectivity index is 2.13. The fourth-order valence-corrected chi connectivity index (χ4v) is 1.65. The number of pyridine rings is 1. The van der Waals surface area contributed by atoms with E-state index in [4.69, 9.17) is 11.6 Å². The summed E-state index contributed by atoms with van der Waals surface area (Å²) >= 11 is 5.65. The predicted molar refractivity (Wildman–Crippen MR) is 71.8 cm³/mol.